The second-order valence-corrected chi connectivity index (χ2v) is 11.9. The summed E-state index contributed by atoms with van der Waals surface area (Å²) in [7, 11) is 0. The number of aromatic nitrogens is 2. The third-order valence-corrected chi connectivity index (χ3v) is 7.98. The van der Waals surface area contributed by atoms with E-state index >= 15 is 0 Å². The molecule has 0 aliphatic carbocycles. The molecule has 1 aliphatic heterocycles. The highest BCUT2D eigenvalue weighted by Gasteiger charge is 2.40. The number of carbonyl (C=O) groups is 2. The second kappa shape index (κ2) is 11.4. The van der Waals surface area contributed by atoms with Crippen LogP contribution in [0, 0.1) is 17.5 Å². The average molecular weight is 579 g/mol. The summed E-state index contributed by atoms with van der Waals surface area (Å²) in [6.07, 6.45) is 0. The Morgan fingerprint density at radius 1 is 0.976 bits per heavy atom. The molecule has 0 fully saturated rings. The molecule has 2 heterocycles. The van der Waals surface area contributed by atoms with Crippen LogP contribution < -0.4 is 10.2 Å². The van der Waals surface area contributed by atoms with E-state index in [1.807, 2.05) is 26.8 Å². The third kappa shape index (κ3) is 6.17. The fourth-order valence-corrected chi connectivity index (χ4v) is 5.96. The van der Waals surface area contributed by atoms with Gasteiger partial charge in [0.2, 0.25) is 11.8 Å². The smallest absolute Gasteiger partial charge is 0.240 e. The number of nitrogens with one attached hydrogen (secondary N) is 1. The number of nitrogens with zero attached hydrogens (tertiary/aromatic N) is 3. The number of amides is 2. The van der Waals surface area contributed by atoms with E-state index in [-0.39, 0.29) is 30.6 Å². The van der Waals surface area contributed by atoms with Gasteiger partial charge in [0.05, 0.1) is 22.4 Å². The highest BCUT2D eigenvalue weighted by molar-refractivity contribution is 8.00. The van der Waals surface area contributed by atoms with Gasteiger partial charge in [0.15, 0.2) is 0 Å². The number of halogens is 3. The van der Waals surface area contributed by atoms with Crippen molar-refractivity contribution in [3.8, 4) is 5.69 Å². The molecule has 1 aromatic heterocycles. The molecule has 6 nitrogen and oxygen atoms in total. The Morgan fingerprint density at radius 2 is 1.63 bits per heavy atom. The fourth-order valence-electron chi connectivity index (χ4n) is 4.77. The molecule has 1 atom stereocenters. The summed E-state index contributed by atoms with van der Waals surface area (Å²) in [5.41, 5.74) is 2.74. The summed E-state index contributed by atoms with van der Waals surface area (Å²) in [6.45, 7) is 5.82. The van der Waals surface area contributed by atoms with Gasteiger partial charge in [-0.05, 0) is 59.7 Å². The Labute approximate surface area is 240 Å². The van der Waals surface area contributed by atoms with E-state index in [2.05, 4.69) is 5.32 Å². The Balaban J connectivity index is 1.63. The van der Waals surface area contributed by atoms with E-state index in [0.29, 0.717) is 33.9 Å². The average Bonchev–Trinajstić information content (AvgIpc) is 3.26. The Hall–Kier alpha value is -4.05. The first-order valence-electron chi connectivity index (χ1n) is 13.1. The maximum absolute atomic E-state index is 14.4. The van der Waals surface area contributed by atoms with Crippen molar-refractivity contribution < 1.29 is 22.8 Å². The molecule has 0 saturated carbocycles. The number of fused-ring (bicyclic) bond motifs is 1. The first-order valence-corrected chi connectivity index (χ1v) is 14.1. The molecule has 41 heavy (non-hydrogen) atoms. The number of hydrogen-bond acceptors (Lipinski definition) is 4. The zero-order valence-corrected chi connectivity index (χ0v) is 23.6. The number of hydrogen-bond donors (Lipinski definition) is 1. The fraction of sp³-hybridized carbons (Fsp3) is 0.258. The van der Waals surface area contributed by atoms with Crippen molar-refractivity contribution in [2.75, 3.05) is 17.2 Å². The maximum atomic E-state index is 14.4. The van der Waals surface area contributed by atoms with Crippen molar-refractivity contribution in [3.63, 3.8) is 0 Å². The number of benzene rings is 3. The molecule has 0 radical (unpaired) electrons. The van der Waals surface area contributed by atoms with Gasteiger partial charge in [-0.1, -0.05) is 45.0 Å². The molecule has 5 rings (SSSR count). The van der Waals surface area contributed by atoms with Crippen molar-refractivity contribution in [1.82, 2.24) is 15.1 Å². The first-order chi connectivity index (χ1) is 19.5. The summed E-state index contributed by atoms with van der Waals surface area (Å²) in [4.78, 5) is 28.3. The van der Waals surface area contributed by atoms with Crippen molar-refractivity contribution >= 4 is 29.4 Å². The lowest BCUT2D eigenvalue weighted by molar-refractivity contribution is -0.123. The largest absolute Gasteiger partial charge is 0.350 e. The van der Waals surface area contributed by atoms with Crippen LogP contribution in [0.15, 0.2) is 72.8 Å². The van der Waals surface area contributed by atoms with Gasteiger partial charge in [0, 0.05) is 17.5 Å². The monoisotopic (exact) mass is 578 g/mol. The Kier molecular flexibility index (Phi) is 7.95. The lowest BCUT2D eigenvalue weighted by Crippen LogP contribution is -2.42. The van der Waals surface area contributed by atoms with E-state index in [1.165, 1.54) is 53.1 Å². The van der Waals surface area contributed by atoms with Crippen molar-refractivity contribution in [2.24, 2.45) is 0 Å². The van der Waals surface area contributed by atoms with E-state index in [4.69, 9.17) is 5.10 Å². The van der Waals surface area contributed by atoms with Crippen LogP contribution in [0.2, 0.25) is 0 Å². The molecular formula is C31H29F3N4O2S. The topological polar surface area (TPSA) is 67.2 Å². The van der Waals surface area contributed by atoms with Crippen LogP contribution in [0.4, 0.5) is 19.0 Å². The predicted octanol–water partition coefficient (Wildman–Crippen LogP) is 6.07. The number of thioether (sulfide) groups is 1. The molecule has 10 heteroatoms. The quantitative estimate of drug-likeness (QED) is 0.302. The Morgan fingerprint density at radius 3 is 2.27 bits per heavy atom. The van der Waals surface area contributed by atoms with Crippen LogP contribution >= 0.6 is 11.8 Å². The molecular weight excluding hydrogens is 549 g/mol. The van der Waals surface area contributed by atoms with Gasteiger partial charge in [-0.15, -0.1) is 11.8 Å². The molecule has 0 spiro atoms. The standard InChI is InChI=1S/C31H29F3N4O2S/c1-31(2,3)29-27-28(20-5-4-6-23(34)15-20)41-18-26(40)37(17-25(39)35-16-19-7-9-21(32)10-8-19)30(27)38(36-29)24-13-11-22(33)12-14-24/h4-15,28H,16-18H2,1-3H3,(H,35,39)/t28-/m0/s1. The lowest BCUT2D eigenvalue weighted by Gasteiger charge is -2.24. The van der Waals surface area contributed by atoms with Crippen LogP contribution in [-0.4, -0.2) is 33.9 Å². The minimum atomic E-state index is -0.495. The first kappa shape index (κ1) is 28.5. The SMILES string of the molecule is CC(C)(C)c1nn(-c2ccc(F)cc2)c2c1[C@H](c1cccc(F)c1)SCC(=O)N2CC(=O)NCc1ccc(F)cc1. The molecule has 0 bridgehead atoms. The molecule has 0 unspecified atom stereocenters. The normalized spacial score (nSPS) is 15.4. The summed E-state index contributed by atoms with van der Waals surface area (Å²) >= 11 is 1.34. The van der Waals surface area contributed by atoms with Gasteiger partial charge in [-0.3, -0.25) is 14.5 Å². The van der Waals surface area contributed by atoms with Crippen molar-refractivity contribution in [3.05, 3.63) is 113 Å². The Bertz CT molecular complexity index is 1580. The van der Waals surface area contributed by atoms with Crippen LogP contribution in [0.3, 0.4) is 0 Å². The summed E-state index contributed by atoms with van der Waals surface area (Å²) in [6, 6.07) is 17.7. The molecule has 3 aromatic carbocycles. The number of rotatable bonds is 6. The number of anilines is 1. The van der Waals surface area contributed by atoms with E-state index in [0.717, 1.165) is 0 Å². The zero-order chi connectivity index (χ0) is 29.3. The second-order valence-electron chi connectivity index (χ2n) is 10.9. The summed E-state index contributed by atoms with van der Waals surface area (Å²) in [5, 5.41) is 7.27. The van der Waals surface area contributed by atoms with Gasteiger partial charge in [0.25, 0.3) is 0 Å². The lowest BCUT2D eigenvalue weighted by atomic mass is 9.87. The van der Waals surface area contributed by atoms with Crippen LogP contribution in [0.5, 0.6) is 0 Å². The van der Waals surface area contributed by atoms with Gasteiger partial charge in [-0.25, -0.2) is 17.9 Å². The van der Waals surface area contributed by atoms with Crippen LogP contribution in [0.25, 0.3) is 5.69 Å². The number of carbonyl (C=O) groups excluding carboxylic acids is 2. The highest BCUT2D eigenvalue weighted by Crippen LogP contribution is 2.48. The van der Waals surface area contributed by atoms with Crippen LogP contribution in [0.1, 0.15) is 48.4 Å². The summed E-state index contributed by atoms with van der Waals surface area (Å²) < 4.78 is 43.1. The van der Waals surface area contributed by atoms with Gasteiger partial charge in [0.1, 0.15) is 29.8 Å². The predicted molar refractivity (Wildman–Crippen MR) is 154 cm³/mol. The molecule has 1 aliphatic rings. The molecule has 1 N–H and O–H groups in total. The van der Waals surface area contributed by atoms with Crippen molar-refractivity contribution in [1.29, 1.82) is 0 Å². The van der Waals surface area contributed by atoms with Gasteiger partial charge < -0.3 is 5.32 Å². The minimum Gasteiger partial charge on any atom is -0.350 e. The molecule has 212 valence electrons. The molecule has 0 saturated heterocycles. The van der Waals surface area contributed by atoms with Crippen LogP contribution in [-0.2, 0) is 21.5 Å². The molecule has 2 amide bonds. The van der Waals surface area contributed by atoms with Crippen molar-refractivity contribution in [2.45, 2.75) is 38.0 Å². The van der Waals surface area contributed by atoms with E-state index in [1.54, 1.807) is 35.0 Å². The van der Waals surface area contributed by atoms with E-state index in [9.17, 15) is 22.8 Å². The van der Waals surface area contributed by atoms with Gasteiger partial charge >= 0.3 is 0 Å². The van der Waals surface area contributed by atoms with E-state index < -0.39 is 28.2 Å². The third-order valence-electron chi connectivity index (χ3n) is 6.73. The zero-order valence-electron chi connectivity index (χ0n) is 22.8. The van der Waals surface area contributed by atoms with Gasteiger partial charge in [-0.2, -0.15) is 5.10 Å². The maximum Gasteiger partial charge on any atom is 0.240 e. The highest BCUT2D eigenvalue weighted by atomic mass is 32.2. The summed E-state index contributed by atoms with van der Waals surface area (Å²) in [5.74, 6) is -1.54. The minimum absolute atomic E-state index is 0.0358. The molecule has 4 aromatic rings.